The molecule has 35 heavy (non-hydrogen) atoms. The van der Waals surface area contributed by atoms with Gasteiger partial charge in [0.05, 0.1) is 16.8 Å². The lowest BCUT2D eigenvalue weighted by Gasteiger charge is -2.11. The maximum Gasteiger partial charge on any atom is 0.256 e. The van der Waals surface area contributed by atoms with Gasteiger partial charge in [0.2, 0.25) is 10.0 Å². The molecule has 0 saturated carbocycles. The number of aromatic nitrogens is 2. The molecule has 0 aliphatic carbocycles. The van der Waals surface area contributed by atoms with Crippen LogP contribution in [0, 0.1) is 0 Å². The second-order valence-electron chi connectivity index (χ2n) is 8.09. The van der Waals surface area contributed by atoms with E-state index in [0.29, 0.717) is 50.3 Å². The van der Waals surface area contributed by atoms with Crippen LogP contribution in [-0.2, 0) is 16.6 Å². The normalized spacial score (nSPS) is 11.7. The molecule has 5 rings (SSSR count). The molecule has 0 saturated heterocycles. The Morgan fingerprint density at radius 1 is 1.03 bits per heavy atom. The van der Waals surface area contributed by atoms with E-state index < -0.39 is 10.0 Å². The quantitative estimate of drug-likeness (QED) is 0.332. The molecule has 0 unspecified atom stereocenters. The maximum absolute atomic E-state index is 13.4. The van der Waals surface area contributed by atoms with Gasteiger partial charge in [0.25, 0.3) is 5.91 Å². The molecule has 176 valence electrons. The fourth-order valence-electron chi connectivity index (χ4n) is 4.16. The van der Waals surface area contributed by atoms with Crippen LogP contribution in [0.15, 0.2) is 83.9 Å². The highest BCUT2D eigenvalue weighted by Crippen LogP contribution is 2.30. The SMILES string of the molecule is CCn1cc(S(N)(=O)=O)c2cc(NC(=O)c3cc(-c4ccc(Cl)cc4)nc4ccccc34)ccc21. The van der Waals surface area contributed by atoms with E-state index >= 15 is 0 Å². The Hall–Kier alpha value is -3.72. The molecule has 0 aliphatic rings. The highest BCUT2D eigenvalue weighted by molar-refractivity contribution is 7.89. The summed E-state index contributed by atoms with van der Waals surface area (Å²) in [5.74, 6) is -0.342. The summed E-state index contributed by atoms with van der Waals surface area (Å²) >= 11 is 6.03. The molecule has 2 heterocycles. The number of primary sulfonamides is 1. The van der Waals surface area contributed by atoms with Crippen molar-refractivity contribution in [3.8, 4) is 11.3 Å². The third-order valence-electron chi connectivity index (χ3n) is 5.85. The molecule has 0 radical (unpaired) electrons. The summed E-state index contributed by atoms with van der Waals surface area (Å²) in [6.45, 7) is 2.49. The number of rotatable bonds is 5. The number of nitrogens with one attached hydrogen (secondary N) is 1. The van der Waals surface area contributed by atoms with Crippen LogP contribution in [0.25, 0.3) is 33.1 Å². The zero-order valence-electron chi connectivity index (χ0n) is 18.7. The van der Waals surface area contributed by atoms with Crippen LogP contribution in [0.4, 0.5) is 5.69 Å². The monoisotopic (exact) mass is 504 g/mol. The van der Waals surface area contributed by atoms with Gasteiger partial charge in [-0.1, -0.05) is 41.9 Å². The van der Waals surface area contributed by atoms with Crippen LogP contribution >= 0.6 is 11.6 Å². The van der Waals surface area contributed by atoms with Crippen molar-refractivity contribution >= 4 is 55.0 Å². The van der Waals surface area contributed by atoms with E-state index in [1.165, 1.54) is 6.20 Å². The van der Waals surface area contributed by atoms with Crippen molar-refractivity contribution in [2.45, 2.75) is 18.4 Å². The first-order valence-corrected chi connectivity index (χ1v) is 12.8. The first-order valence-electron chi connectivity index (χ1n) is 10.9. The Morgan fingerprint density at radius 3 is 2.49 bits per heavy atom. The number of hydrogen-bond donors (Lipinski definition) is 2. The first kappa shape index (κ1) is 23.0. The molecule has 9 heteroatoms. The van der Waals surface area contributed by atoms with Crippen molar-refractivity contribution in [1.82, 2.24) is 9.55 Å². The summed E-state index contributed by atoms with van der Waals surface area (Å²) < 4.78 is 26.1. The number of halogens is 1. The molecule has 2 aromatic heterocycles. The van der Waals surface area contributed by atoms with Crippen LogP contribution < -0.4 is 10.5 Å². The molecule has 0 aliphatic heterocycles. The van der Waals surface area contributed by atoms with E-state index in [1.54, 1.807) is 41.0 Å². The molecule has 3 aromatic carbocycles. The predicted octanol–water partition coefficient (Wildman–Crippen LogP) is 5.43. The van der Waals surface area contributed by atoms with Crippen molar-refractivity contribution in [2.75, 3.05) is 5.32 Å². The number of nitrogens with zero attached hydrogens (tertiary/aromatic N) is 2. The Morgan fingerprint density at radius 2 is 1.77 bits per heavy atom. The van der Waals surface area contributed by atoms with E-state index in [-0.39, 0.29) is 10.8 Å². The van der Waals surface area contributed by atoms with Crippen molar-refractivity contribution in [1.29, 1.82) is 0 Å². The van der Waals surface area contributed by atoms with Gasteiger partial charge in [-0.15, -0.1) is 0 Å². The number of aryl methyl sites for hydroxylation is 1. The van der Waals surface area contributed by atoms with Gasteiger partial charge < -0.3 is 9.88 Å². The van der Waals surface area contributed by atoms with E-state index in [9.17, 15) is 13.2 Å². The maximum atomic E-state index is 13.4. The molecular formula is C26H21ClN4O3S. The Labute approximate surface area is 207 Å². The number of carbonyl (C=O) groups is 1. The average molecular weight is 505 g/mol. The molecule has 0 spiro atoms. The highest BCUT2D eigenvalue weighted by Gasteiger charge is 2.19. The molecule has 0 fully saturated rings. The third kappa shape index (κ3) is 4.39. The number of nitrogens with two attached hydrogens (primary N) is 1. The van der Waals surface area contributed by atoms with Gasteiger partial charge in [-0.2, -0.15) is 0 Å². The minimum Gasteiger partial charge on any atom is -0.346 e. The number of sulfonamides is 1. The number of pyridine rings is 1. The van der Waals surface area contributed by atoms with Gasteiger partial charge in [0.15, 0.2) is 0 Å². The summed E-state index contributed by atoms with van der Waals surface area (Å²) in [6, 6.07) is 21.5. The van der Waals surface area contributed by atoms with Crippen LogP contribution in [-0.4, -0.2) is 23.9 Å². The van der Waals surface area contributed by atoms with E-state index in [4.69, 9.17) is 21.7 Å². The van der Waals surface area contributed by atoms with Crippen molar-refractivity contribution in [3.05, 3.63) is 89.6 Å². The van der Waals surface area contributed by atoms with Gasteiger partial charge >= 0.3 is 0 Å². The van der Waals surface area contributed by atoms with Crippen molar-refractivity contribution < 1.29 is 13.2 Å². The molecule has 7 nitrogen and oxygen atoms in total. The summed E-state index contributed by atoms with van der Waals surface area (Å²) in [5.41, 5.74) is 3.76. The smallest absolute Gasteiger partial charge is 0.256 e. The zero-order chi connectivity index (χ0) is 24.7. The Balaban J connectivity index is 1.58. The number of fused-ring (bicyclic) bond motifs is 2. The highest BCUT2D eigenvalue weighted by atomic mass is 35.5. The number of amides is 1. The third-order valence-corrected chi connectivity index (χ3v) is 7.04. The number of benzene rings is 3. The Kier molecular flexibility index (Phi) is 5.80. The van der Waals surface area contributed by atoms with Gasteiger partial charge in [-0.3, -0.25) is 4.79 Å². The van der Waals surface area contributed by atoms with Crippen molar-refractivity contribution in [3.63, 3.8) is 0 Å². The molecule has 1 amide bonds. The van der Waals surface area contributed by atoms with Crippen LogP contribution in [0.2, 0.25) is 5.02 Å². The topological polar surface area (TPSA) is 107 Å². The van der Waals surface area contributed by atoms with Gasteiger partial charge in [0, 0.05) is 45.3 Å². The lowest BCUT2D eigenvalue weighted by atomic mass is 10.0. The summed E-state index contributed by atoms with van der Waals surface area (Å²) in [7, 11) is -3.94. The number of para-hydroxylation sites is 1. The molecule has 5 aromatic rings. The molecule has 0 bridgehead atoms. The van der Waals surface area contributed by atoms with Gasteiger partial charge in [-0.25, -0.2) is 18.5 Å². The fraction of sp³-hybridized carbons (Fsp3) is 0.0769. The lowest BCUT2D eigenvalue weighted by molar-refractivity contribution is 0.102. The first-order chi connectivity index (χ1) is 16.7. The van der Waals surface area contributed by atoms with E-state index in [2.05, 4.69) is 5.32 Å². The number of hydrogen-bond acceptors (Lipinski definition) is 4. The summed E-state index contributed by atoms with van der Waals surface area (Å²) in [5, 5.41) is 10.1. The van der Waals surface area contributed by atoms with E-state index in [1.807, 2.05) is 43.3 Å². The van der Waals surface area contributed by atoms with Crippen molar-refractivity contribution in [2.24, 2.45) is 5.14 Å². The van der Waals surface area contributed by atoms with Crippen LogP contribution in [0.5, 0.6) is 0 Å². The minimum absolute atomic E-state index is 0.0184. The Bertz CT molecular complexity index is 1710. The van der Waals surface area contributed by atoms with Crippen LogP contribution in [0.1, 0.15) is 17.3 Å². The second kappa shape index (κ2) is 8.81. The minimum atomic E-state index is -3.94. The second-order valence-corrected chi connectivity index (χ2v) is 10.1. The predicted molar refractivity (Wildman–Crippen MR) is 139 cm³/mol. The average Bonchev–Trinajstić information content (AvgIpc) is 3.22. The van der Waals surface area contributed by atoms with Gasteiger partial charge in [0.1, 0.15) is 4.90 Å². The number of anilines is 1. The fourth-order valence-corrected chi connectivity index (χ4v) is 5.03. The number of carbonyl (C=O) groups excluding carboxylic acids is 1. The molecule has 3 N–H and O–H groups in total. The summed E-state index contributed by atoms with van der Waals surface area (Å²) in [6.07, 6.45) is 1.51. The molecular weight excluding hydrogens is 484 g/mol. The zero-order valence-corrected chi connectivity index (χ0v) is 20.3. The lowest BCUT2D eigenvalue weighted by Crippen LogP contribution is -2.13. The van der Waals surface area contributed by atoms with Gasteiger partial charge in [-0.05, 0) is 49.4 Å². The largest absolute Gasteiger partial charge is 0.346 e. The molecule has 0 atom stereocenters. The standard InChI is InChI=1S/C26H21ClN4O3S/c1-2-31-15-25(35(28,33)34)21-13-18(11-12-24(21)31)29-26(32)20-14-23(16-7-9-17(27)10-8-16)30-22-6-4-3-5-19(20)22/h3-15H,2H2,1H3,(H,29,32)(H2,28,33,34). The van der Waals surface area contributed by atoms with E-state index in [0.717, 1.165) is 5.56 Å². The van der Waals surface area contributed by atoms with Crippen LogP contribution in [0.3, 0.4) is 0 Å². The summed E-state index contributed by atoms with van der Waals surface area (Å²) in [4.78, 5) is 18.2.